The Kier molecular flexibility index (Phi) is 5.66. The number of rotatable bonds is 4. The van der Waals surface area contributed by atoms with Crippen LogP contribution in [0.1, 0.15) is 17.5 Å². The predicted octanol–water partition coefficient (Wildman–Crippen LogP) is 3.32. The van der Waals surface area contributed by atoms with Crippen molar-refractivity contribution >= 4 is 27.4 Å². The normalized spacial score (nSPS) is 12.1. The number of carboxylic acid groups (broad SMARTS) is 1. The maximum Gasteiger partial charge on any atom is 0.323 e. The number of benzene rings is 2. The lowest BCUT2D eigenvalue weighted by molar-refractivity contribution is -0.136. The summed E-state index contributed by atoms with van der Waals surface area (Å²) in [6.07, 6.45) is -0.297. The SMILES string of the molecule is Cc1ccc(S(=O)(=O)[C@H](CC#Cc2ccc(Cl)cc2)C(=O)O)cc1. The molecule has 0 unspecified atom stereocenters. The number of halogens is 1. The lowest BCUT2D eigenvalue weighted by Crippen LogP contribution is -2.29. The first-order valence-corrected chi connectivity index (χ1v) is 9.01. The molecule has 0 saturated carbocycles. The van der Waals surface area contributed by atoms with E-state index in [4.69, 9.17) is 11.6 Å². The summed E-state index contributed by atoms with van der Waals surface area (Å²) in [5.41, 5.74) is 1.53. The van der Waals surface area contributed by atoms with E-state index in [0.29, 0.717) is 10.6 Å². The molecule has 0 bridgehead atoms. The molecule has 24 heavy (non-hydrogen) atoms. The fourth-order valence-corrected chi connectivity index (χ4v) is 3.54. The Bertz CT molecular complexity index is 889. The van der Waals surface area contributed by atoms with Gasteiger partial charge < -0.3 is 5.11 Å². The Morgan fingerprint density at radius 3 is 2.25 bits per heavy atom. The van der Waals surface area contributed by atoms with Gasteiger partial charge in [-0.25, -0.2) is 8.42 Å². The number of sulfone groups is 1. The van der Waals surface area contributed by atoms with E-state index >= 15 is 0 Å². The van der Waals surface area contributed by atoms with Crippen LogP contribution in [-0.2, 0) is 14.6 Å². The van der Waals surface area contributed by atoms with E-state index in [1.54, 1.807) is 36.4 Å². The minimum absolute atomic E-state index is 0.0196. The number of carbonyl (C=O) groups is 1. The Morgan fingerprint density at radius 1 is 1.12 bits per heavy atom. The standard InChI is InChI=1S/C18H15ClO4S/c1-13-5-11-16(12-6-13)24(22,23)17(18(20)21)4-2-3-14-7-9-15(19)10-8-14/h5-12,17H,4H2,1H3,(H,20,21)/t17-/m1/s1. The van der Waals surface area contributed by atoms with Crippen molar-refractivity contribution in [2.24, 2.45) is 0 Å². The monoisotopic (exact) mass is 362 g/mol. The molecule has 4 nitrogen and oxygen atoms in total. The summed E-state index contributed by atoms with van der Waals surface area (Å²) in [5.74, 6) is 3.97. The third-order valence-corrected chi connectivity index (χ3v) is 5.66. The minimum atomic E-state index is -4.00. The lowest BCUT2D eigenvalue weighted by atomic mass is 10.2. The van der Waals surface area contributed by atoms with E-state index in [1.165, 1.54) is 12.1 Å². The van der Waals surface area contributed by atoms with Gasteiger partial charge in [0.05, 0.1) is 4.90 Å². The van der Waals surface area contributed by atoms with Gasteiger partial charge in [0.1, 0.15) is 0 Å². The van der Waals surface area contributed by atoms with Crippen LogP contribution in [0.25, 0.3) is 0 Å². The number of aliphatic carboxylic acids is 1. The van der Waals surface area contributed by atoms with Crippen molar-refractivity contribution in [3.05, 3.63) is 64.7 Å². The molecule has 0 aliphatic rings. The van der Waals surface area contributed by atoms with Crippen LogP contribution in [0.5, 0.6) is 0 Å². The largest absolute Gasteiger partial charge is 0.480 e. The van der Waals surface area contributed by atoms with E-state index in [0.717, 1.165) is 5.56 Å². The molecule has 2 aromatic rings. The Morgan fingerprint density at radius 2 is 1.71 bits per heavy atom. The molecule has 0 saturated heterocycles. The van der Waals surface area contributed by atoms with Gasteiger partial charge in [0.2, 0.25) is 0 Å². The zero-order valence-corrected chi connectivity index (χ0v) is 14.4. The first-order valence-electron chi connectivity index (χ1n) is 7.08. The van der Waals surface area contributed by atoms with Crippen LogP contribution in [0.15, 0.2) is 53.4 Å². The Labute approximate surface area is 146 Å². The molecule has 2 rings (SSSR count). The summed E-state index contributed by atoms with van der Waals surface area (Å²) in [6.45, 7) is 1.82. The van der Waals surface area contributed by atoms with Crippen LogP contribution in [0.4, 0.5) is 0 Å². The van der Waals surface area contributed by atoms with Crippen molar-refractivity contribution < 1.29 is 18.3 Å². The number of carboxylic acids is 1. The van der Waals surface area contributed by atoms with Crippen molar-refractivity contribution in [3.63, 3.8) is 0 Å². The van der Waals surface area contributed by atoms with Gasteiger partial charge in [-0.2, -0.15) is 0 Å². The van der Waals surface area contributed by atoms with E-state index in [1.807, 2.05) is 6.92 Å². The van der Waals surface area contributed by atoms with Gasteiger partial charge in [-0.05, 0) is 43.3 Å². The summed E-state index contributed by atoms with van der Waals surface area (Å²) in [4.78, 5) is 11.4. The molecule has 0 radical (unpaired) electrons. The Balaban J connectivity index is 2.25. The van der Waals surface area contributed by atoms with Gasteiger partial charge in [-0.1, -0.05) is 41.1 Å². The topological polar surface area (TPSA) is 71.4 Å². The van der Waals surface area contributed by atoms with Crippen molar-refractivity contribution in [2.75, 3.05) is 0 Å². The van der Waals surface area contributed by atoms with Crippen molar-refractivity contribution in [1.29, 1.82) is 0 Å². The second kappa shape index (κ2) is 7.52. The summed E-state index contributed by atoms with van der Waals surface area (Å²) >= 11 is 5.77. The number of aryl methyl sites for hydroxylation is 1. The highest BCUT2D eigenvalue weighted by atomic mass is 35.5. The molecular weight excluding hydrogens is 348 g/mol. The lowest BCUT2D eigenvalue weighted by Gasteiger charge is -2.11. The highest BCUT2D eigenvalue weighted by Gasteiger charge is 2.33. The molecule has 124 valence electrons. The molecule has 1 N–H and O–H groups in total. The molecular formula is C18H15ClO4S. The van der Waals surface area contributed by atoms with Crippen LogP contribution in [0.2, 0.25) is 5.02 Å². The molecule has 1 atom stereocenters. The summed E-state index contributed by atoms with van der Waals surface area (Å²) in [5, 5.41) is 8.24. The predicted molar refractivity (Wildman–Crippen MR) is 92.7 cm³/mol. The highest BCUT2D eigenvalue weighted by Crippen LogP contribution is 2.19. The fraction of sp³-hybridized carbons (Fsp3) is 0.167. The van der Waals surface area contributed by atoms with Crippen molar-refractivity contribution in [2.45, 2.75) is 23.5 Å². The molecule has 0 amide bonds. The van der Waals surface area contributed by atoms with Crippen LogP contribution >= 0.6 is 11.6 Å². The Hall–Kier alpha value is -2.29. The molecule has 6 heteroatoms. The third kappa shape index (κ3) is 4.38. The van der Waals surface area contributed by atoms with Gasteiger partial charge in [-0.3, -0.25) is 4.79 Å². The van der Waals surface area contributed by atoms with Crippen molar-refractivity contribution in [3.8, 4) is 11.8 Å². The number of hydrogen-bond acceptors (Lipinski definition) is 3. The van der Waals surface area contributed by atoms with Crippen LogP contribution in [0, 0.1) is 18.8 Å². The zero-order chi connectivity index (χ0) is 17.7. The quantitative estimate of drug-likeness (QED) is 0.847. The van der Waals surface area contributed by atoms with Crippen molar-refractivity contribution in [1.82, 2.24) is 0 Å². The van der Waals surface area contributed by atoms with Crippen LogP contribution in [-0.4, -0.2) is 24.7 Å². The van der Waals surface area contributed by atoms with Gasteiger partial charge in [0.15, 0.2) is 15.1 Å². The summed E-state index contributed by atoms with van der Waals surface area (Å²) in [7, 11) is -4.00. The first kappa shape index (κ1) is 18.1. The zero-order valence-electron chi connectivity index (χ0n) is 12.9. The van der Waals surface area contributed by atoms with Gasteiger partial charge in [0, 0.05) is 17.0 Å². The van der Waals surface area contributed by atoms with Gasteiger partial charge in [-0.15, -0.1) is 0 Å². The molecule has 2 aromatic carbocycles. The first-order chi connectivity index (χ1) is 11.3. The minimum Gasteiger partial charge on any atom is -0.480 e. The second-order valence-electron chi connectivity index (χ2n) is 5.20. The molecule has 0 fully saturated rings. The second-order valence-corrected chi connectivity index (χ2v) is 7.76. The molecule has 0 aromatic heterocycles. The molecule has 0 spiro atoms. The average Bonchev–Trinajstić information content (AvgIpc) is 2.53. The number of hydrogen-bond donors (Lipinski definition) is 1. The van der Waals surface area contributed by atoms with Gasteiger partial charge in [0.25, 0.3) is 0 Å². The van der Waals surface area contributed by atoms with Crippen LogP contribution in [0.3, 0.4) is 0 Å². The fourth-order valence-electron chi connectivity index (χ4n) is 2.00. The van der Waals surface area contributed by atoms with E-state index in [-0.39, 0.29) is 11.3 Å². The van der Waals surface area contributed by atoms with Gasteiger partial charge >= 0.3 is 5.97 Å². The molecule has 0 aliphatic carbocycles. The smallest absolute Gasteiger partial charge is 0.323 e. The van der Waals surface area contributed by atoms with E-state index < -0.39 is 21.1 Å². The van der Waals surface area contributed by atoms with E-state index in [2.05, 4.69) is 11.8 Å². The van der Waals surface area contributed by atoms with Crippen LogP contribution < -0.4 is 0 Å². The van der Waals surface area contributed by atoms with E-state index in [9.17, 15) is 18.3 Å². The summed E-state index contributed by atoms with van der Waals surface area (Å²) < 4.78 is 25.0. The maximum absolute atomic E-state index is 12.5. The third-order valence-electron chi connectivity index (χ3n) is 3.36. The maximum atomic E-state index is 12.5. The average molecular weight is 363 g/mol. The highest BCUT2D eigenvalue weighted by molar-refractivity contribution is 7.92. The molecule has 0 heterocycles. The molecule has 0 aliphatic heterocycles. The summed E-state index contributed by atoms with van der Waals surface area (Å²) in [6, 6.07) is 12.8.